The van der Waals surface area contributed by atoms with Crippen LogP contribution >= 0.6 is 11.8 Å². The summed E-state index contributed by atoms with van der Waals surface area (Å²) in [6.45, 7) is 1.29. The summed E-state index contributed by atoms with van der Waals surface area (Å²) in [5.41, 5.74) is 2.44. The Morgan fingerprint density at radius 1 is 1.27 bits per heavy atom. The quantitative estimate of drug-likeness (QED) is 0.608. The van der Waals surface area contributed by atoms with Crippen molar-refractivity contribution in [3.63, 3.8) is 0 Å². The molecule has 26 heavy (non-hydrogen) atoms. The number of thioether (sulfide) groups is 1. The largest absolute Gasteiger partial charge is 0.383 e. The van der Waals surface area contributed by atoms with E-state index in [4.69, 9.17) is 4.74 Å². The molecule has 7 heteroatoms. The SMILES string of the molecule is COCCn1c(SCCC(=O)Nc2cccc(F)c2)nc2ccccc21. The van der Waals surface area contributed by atoms with Crippen molar-refractivity contribution in [3.8, 4) is 0 Å². The summed E-state index contributed by atoms with van der Waals surface area (Å²) in [6.07, 6.45) is 0.314. The molecule has 0 aliphatic rings. The number of rotatable bonds is 8. The Hall–Kier alpha value is -2.38. The number of nitrogens with zero attached hydrogens (tertiary/aromatic N) is 2. The molecule has 0 radical (unpaired) electrons. The molecule has 0 aliphatic heterocycles. The molecule has 0 saturated heterocycles. The topological polar surface area (TPSA) is 56.1 Å². The lowest BCUT2D eigenvalue weighted by Crippen LogP contribution is -2.12. The summed E-state index contributed by atoms with van der Waals surface area (Å²) in [5, 5.41) is 3.57. The first kappa shape index (κ1) is 18.4. The fourth-order valence-corrected chi connectivity index (χ4v) is 3.57. The Balaban J connectivity index is 1.61. The highest BCUT2D eigenvalue weighted by Gasteiger charge is 2.12. The first-order chi connectivity index (χ1) is 12.7. The Morgan fingerprint density at radius 2 is 2.12 bits per heavy atom. The molecule has 0 spiro atoms. The molecule has 0 fully saturated rings. The molecular weight excluding hydrogens is 353 g/mol. The number of ether oxygens (including phenoxy) is 1. The summed E-state index contributed by atoms with van der Waals surface area (Å²) in [7, 11) is 1.67. The molecule has 136 valence electrons. The van der Waals surface area contributed by atoms with E-state index in [-0.39, 0.29) is 11.7 Å². The van der Waals surface area contributed by atoms with Gasteiger partial charge in [0.15, 0.2) is 5.16 Å². The first-order valence-electron chi connectivity index (χ1n) is 8.30. The van der Waals surface area contributed by atoms with Crippen LogP contribution in [0.4, 0.5) is 10.1 Å². The number of carbonyl (C=O) groups excluding carboxylic acids is 1. The van der Waals surface area contributed by atoms with Gasteiger partial charge < -0.3 is 14.6 Å². The van der Waals surface area contributed by atoms with Gasteiger partial charge in [-0.3, -0.25) is 4.79 Å². The fourth-order valence-electron chi connectivity index (χ4n) is 2.59. The molecule has 0 aliphatic carbocycles. The zero-order valence-corrected chi connectivity index (χ0v) is 15.3. The lowest BCUT2D eigenvalue weighted by atomic mass is 10.3. The number of benzene rings is 2. The second-order valence-corrected chi connectivity index (χ2v) is 6.75. The molecule has 1 amide bonds. The number of fused-ring (bicyclic) bond motifs is 1. The van der Waals surface area contributed by atoms with Gasteiger partial charge in [-0.1, -0.05) is 30.0 Å². The Morgan fingerprint density at radius 3 is 2.92 bits per heavy atom. The highest BCUT2D eigenvalue weighted by atomic mass is 32.2. The molecule has 3 rings (SSSR count). The normalized spacial score (nSPS) is 11.0. The monoisotopic (exact) mass is 373 g/mol. The highest BCUT2D eigenvalue weighted by Crippen LogP contribution is 2.24. The molecule has 0 bridgehead atoms. The van der Waals surface area contributed by atoms with E-state index in [2.05, 4.69) is 14.9 Å². The van der Waals surface area contributed by atoms with E-state index >= 15 is 0 Å². The van der Waals surface area contributed by atoms with E-state index in [1.807, 2.05) is 24.3 Å². The number of aromatic nitrogens is 2. The second-order valence-electron chi connectivity index (χ2n) is 5.68. The summed E-state index contributed by atoms with van der Waals surface area (Å²) in [6, 6.07) is 13.8. The molecule has 5 nitrogen and oxygen atoms in total. The second kappa shape index (κ2) is 8.82. The predicted octanol–water partition coefficient (Wildman–Crippen LogP) is 3.94. The predicted molar refractivity (Wildman–Crippen MR) is 102 cm³/mol. The van der Waals surface area contributed by atoms with Crippen molar-refractivity contribution in [2.24, 2.45) is 0 Å². The van der Waals surface area contributed by atoms with Crippen LogP contribution in [0.25, 0.3) is 11.0 Å². The number of halogens is 1. The van der Waals surface area contributed by atoms with Gasteiger partial charge in [0.2, 0.25) is 5.91 Å². The van der Waals surface area contributed by atoms with Crippen LogP contribution in [-0.2, 0) is 16.1 Å². The van der Waals surface area contributed by atoms with Gasteiger partial charge in [0, 0.05) is 31.5 Å². The van der Waals surface area contributed by atoms with E-state index in [1.165, 1.54) is 23.9 Å². The number of nitrogens with one attached hydrogen (secondary N) is 1. The first-order valence-corrected chi connectivity index (χ1v) is 9.28. The van der Waals surface area contributed by atoms with Crippen molar-refractivity contribution in [3.05, 3.63) is 54.3 Å². The molecule has 0 unspecified atom stereocenters. The maximum absolute atomic E-state index is 13.2. The maximum Gasteiger partial charge on any atom is 0.225 e. The van der Waals surface area contributed by atoms with Gasteiger partial charge in [-0.2, -0.15) is 0 Å². The van der Waals surface area contributed by atoms with Gasteiger partial charge in [0.1, 0.15) is 5.82 Å². The third-order valence-corrected chi connectivity index (χ3v) is 4.79. The molecule has 1 aromatic heterocycles. The van der Waals surface area contributed by atoms with Crippen molar-refractivity contribution in [1.82, 2.24) is 9.55 Å². The van der Waals surface area contributed by atoms with E-state index in [0.29, 0.717) is 31.0 Å². The third kappa shape index (κ3) is 4.62. The minimum atomic E-state index is -0.371. The van der Waals surface area contributed by atoms with Crippen molar-refractivity contribution in [2.75, 3.05) is 24.8 Å². The van der Waals surface area contributed by atoms with Crippen LogP contribution in [0.5, 0.6) is 0 Å². The number of hydrogen-bond donors (Lipinski definition) is 1. The smallest absolute Gasteiger partial charge is 0.225 e. The molecule has 0 atom stereocenters. The van der Waals surface area contributed by atoms with E-state index in [0.717, 1.165) is 16.2 Å². The number of anilines is 1. The average molecular weight is 373 g/mol. The van der Waals surface area contributed by atoms with E-state index in [9.17, 15) is 9.18 Å². The van der Waals surface area contributed by atoms with E-state index < -0.39 is 0 Å². The molecule has 1 N–H and O–H groups in total. The number of imidazole rings is 1. The van der Waals surface area contributed by atoms with Crippen molar-refractivity contribution in [2.45, 2.75) is 18.1 Å². The van der Waals surface area contributed by atoms with Gasteiger partial charge in [0.05, 0.1) is 17.6 Å². The van der Waals surface area contributed by atoms with E-state index in [1.54, 1.807) is 19.2 Å². The average Bonchev–Trinajstić information content (AvgIpc) is 2.97. The van der Waals surface area contributed by atoms with Crippen LogP contribution in [0, 0.1) is 5.82 Å². The summed E-state index contributed by atoms with van der Waals surface area (Å²) >= 11 is 1.53. The van der Waals surface area contributed by atoms with Crippen molar-refractivity contribution < 1.29 is 13.9 Å². The molecule has 0 saturated carbocycles. The summed E-state index contributed by atoms with van der Waals surface area (Å²) in [4.78, 5) is 16.7. The maximum atomic E-state index is 13.2. The van der Waals surface area contributed by atoms with Gasteiger partial charge in [0.25, 0.3) is 0 Å². The van der Waals surface area contributed by atoms with Crippen LogP contribution in [0.1, 0.15) is 6.42 Å². The van der Waals surface area contributed by atoms with Crippen molar-refractivity contribution in [1.29, 1.82) is 0 Å². The minimum Gasteiger partial charge on any atom is -0.383 e. The zero-order valence-electron chi connectivity index (χ0n) is 14.4. The summed E-state index contributed by atoms with van der Waals surface area (Å²) in [5.74, 6) is 0.0592. The van der Waals surface area contributed by atoms with Gasteiger partial charge in [-0.25, -0.2) is 9.37 Å². The van der Waals surface area contributed by atoms with Crippen LogP contribution < -0.4 is 5.32 Å². The fraction of sp³-hybridized carbons (Fsp3) is 0.263. The standard InChI is InChI=1S/C19H20FN3O2S/c1-25-11-10-23-17-8-3-2-7-16(17)22-19(23)26-12-9-18(24)21-15-6-4-5-14(20)13-15/h2-8,13H,9-12H2,1H3,(H,21,24). The number of methoxy groups -OCH3 is 1. The Bertz CT molecular complexity index is 897. The molecule has 2 aromatic carbocycles. The number of amides is 1. The van der Waals surface area contributed by atoms with Crippen LogP contribution in [0.3, 0.4) is 0 Å². The zero-order chi connectivity index (χ0) is 18.4. The lowest BCUT2D eigenvalue weighted by Gasteiger charge is -2.08. The lowest BCUT2D eigenvalue weighted by molar-refractivity contribution is -0.115. The third-order valence-electron chi connectivity index (χ3n) is 3.81. The van der Waals surface area contributed by atoms with Gasteiger partial charge in [-0.05, 0) is 30.3 Å². The number of hydrogen-bond acceptors (Lipinski definition) is 4. The number of carbonyl (C=O) groups is 1. The Kier molecular flexibility index (Phi) is 6.25. The highest BCUT2D eigenvalue weighted by molar-refractivity contribution is 7.99. The summed E-state index contributed by atoms with van der Waals surface area (Å²) < 4.78 is 20.5. The number of para-hydroxylation sites is 2. The van der Waals surface area contributed by atoms with Crippen LogP contribution in [-0.4, -0.2) is 34.9 Å². The van der Waals surface area contributed by atoms with Crippen LogP contribution in [0.15, 0.2) is 53.7 Å². The molecule has 1 heterocycles. The van der Waals surface area contributed by atoms with Gasteiger partial charge >= 0.3 is 0 Å². The Labute approximate surface area is 155 Å². The molecule has 3 aromatic rings. The van der Waals surface area contributed by atoms with Gasteiger partial charge in [-0.15, -0.1) is 0 Å². The molecular formula is C19H20FN3O2S. The minimum absolute atomic E-state index is 0.150. The van der Waals surface area contributed by atoms with Crippen LogP contribution in [0.2, 0.25) is 0 Å². The van der Waals surface area contributed by atoms with Crippen molar-refractivity contribution >= 4 is 34.4 Å².